The van der Waals surface area contributed by atoms with Crippen LogP contribution in [0.3, 0.4) is 0 Å². The lowest BCUT2D eigenvalue weighted by molar-refractivity contribution is 0.322. The smallest absolute Gasteiger partial charge is 0.261 e. The minimum atomic E-state index is -3.78. The largest absolute Gasteiger partial charge is 0.492 e. The third kappa shape index (κ3) is 3.85. The molecule has 2 aromatic rings. The van der Waals surface area contributed by atoms with Gasteiger partial charge in [-0.3, -0.25) is 0 Å². The fourth-order valence-corrected chi connectivity index (χ4v) is 3.41. The average molecular weight is 352 g/mol. The van der Waals surface area contributed by atoms with E-state index in [-0.39, 0.29) is 9.92 Å². The summed E-state index contributed by atoms with van der Waals surface area (Å²) in [4.78, 5) is 5.26. The van der Waals surface area contributed by atoms with Gasteiger partial charge in [0, 0.05) is 22.0 Å². The zero-order chi connectivity index (χ0) is 14.8. The molecule has 0 aliphatic rings. The summed E-state index contributed by atoms with van der Waals surface area (Å²) in [6.07, 6.45) is 0.725. The Morgan fingerprint density at radius 1 is 1.40 bits per heavy atom. The van der Waals surface area contributed by atoms with E-state index in [1.54, 1.807) is 16.8 Å². The van der Waals surface area contributed by atoms with E-state index in [2.05, 4.69) is 4.98 Å². The first-order valence-electron chi connectivity index (χ1n) is 5.64. The van der Waals surface area contributed by atoms with Crippen LogP contribution in [0.1, 0.15) is 10.6 Å². The predicted molar refractivity (Wildman–Crippen MR) is 80.5 cm³/mol. The van der Waals surface area contributed by atoms with E-state index < -0.39 is 9.05 Å². The summed E-state index contributed by atoms with van der Waals surface area (Å²) in [5.74, 6) is 0.429. The maximum Gasteiger partial charge on any atom is 0.261 e. The number of ether oxygens (including phenoxy) is 1. The average Bonchev–Trinajstić information content (AvgIpc) is 2.76. The summed E-state index contributed by atoms with van der Waals surface area (Å²) in [6, 6.07) is 4.13. The highest BCUT2D eigenvalue weighted by atomic mass is 35.7. The van der Waals surface area contributed by atoms with Crippen molar-refractivity contribution in [2.75, 3.05) is 6.61 Å². The van der Waals surface area contributed by atoms with Crippen LogP contribution in [0.4, 0.5) is 0 Å². The summed E-state index contributed by atoms with van der Waals surface area (Å²) in [5.41, 5.74) is 2.78. The molecule has 0 unspecified atom stereocenters. The molecule has 1 aromatic heterocycles. The first kappa shape index (κ1) is 15.6. The first-order chi connectivity index (χ1) is 9.38. The van der Waals surface area contributed by atoms with E-state index in [9.17, 15) is 8.42 Å². The molecule has 0 aliphatic carbocycles. The van der Waals surface area contributed by atoms with Crippen molar-refractivity contribution in [2.45, 2.75) is 18.2 Å². The Bertz CT molecular complexity index is 713. The Labute approximate surface area is 130 Å². The Kier molecular flexibility index (Phi) is 4.90. The maximum absolute atomic E-state index is 11.2. The van der Waals surface area contributed by atoms with Crippen LogP contribution < -0.4 is 4.74 Å². The van der Waals surface area contributed by atoms with Crippen molar-refractivity contribution in [1.82, 2.24) is 4.98 Å². The summed E-state index contributed by atoms with van der Waals surface area (Å²) < 4.78 is 27.9. The molecule has 20 heavy (non-hydrogen) atoms. The third-order valence-corrected chi connectivity index (χ3v) is 5.26. The Morgan fingerprint density at radius 2 is 2.15 bits per heavy atom. The number of nitrogens with zero attached hydrogens (tertiary/aromatic N) is 1. The molecular formula is C12H11Cl2NO3S2. The molecule has 0 spiro atoms. The number of thiazole rings is 1. The van der Waals surface area contributed by atoms with Crippen molar-refractivity contribution in [3.63, 3.8) is 0 Å². The number of benzene rings is 1. The standard InChI is InChI=1S/C12H11Cl2NO3S2/c1-8-12(19-7-15-8)4-5-18-11-3-2-9(6-10(11)13)20(14,16)17/h2-3,6-7H,4-5H2,1H3. The Balaban J connectivity index is 2.02. The van der Waals surface area contributed by atoms with Gasteiger partial charge in [-0.25, -0.2) is 13.4 Å². The normalized spacial score (nSPS) is 11.6. The highest BCUT2D eigenvalue weighted by molar-refractivity contribution is 8.13. The molecule has 0 atom stereocenters. The molecule has 0 aliphatic heterocycles. The molecule has 4 nitrogen and oxygen atoms in total. The van der Waals surface area contributed by atoms with Gasteiger partial charge in [-0.1, -0.05) is 11.6 Å². The number of hydrogen-bond acceptors (Lipinski definition) is 5. The van der Waals surface area contributed by atoms with E-state index in [4.69, 9.17) is 27.0 Å². The highest BCUT2D eigenvalue weighted by Crippen LogP contribution is 2.29. The topological polar surface area (TPSA) is 56.3 Å². The molecule has 1 aromatic carbocycles. The molecule has 108 valence electrons. The number of hydrogen-bond donors (Lipinski definition) is 0. The van der Waals surface area contributed by atoms with Gasteiger partial charge in [0.1, 0.15) is 5.75 Å². The van der Waals surface area contributed by atoms with Gasteiger partial charge in [0.15, 0.2) is 0 Å². The quantitative estimate of drug-likeness (QED) is 0.771. The van der Waals surface area contributed by atoms with Crippen LogP contribution >= 0.6 is 33.6 Å². The second-order valence-corrected chi connectivity index (χ2v) is 7.90. The zero-order valence-corrected chi connectivity index (χ0v) is 13.6. The van der Waals surface area contributed by atoms with Crippen LogP contribution in [0, 0.1) is 6.92 Å². The van der Waals surface area contributed by atoms with E-state index >= 15 is 0 Å². The zero-order valence-electron chi connectivity index (χ0n) is 10.5. The van der Waals surface area contributed by atoms with E-state index in [0.29, 0.717) is 12.4 Å². The van der Waals surface area contributed by atoms with Crippen LogP contribution in [-0.2, 0) is 15.5 Å². The molecule has 0 amide bonds. The second kappa shape index (κ2) is 6.30. The minimum Gasteiger partial charge on any atom is -0.492 e. The van der Waals surface area contributed by atoms with Crippen molar-refractivity contribution >= 4 is 42.7 Å². The van der Waals surface area contributed by atoms with Gasteiger partial charge in [-0.2, -0.15) is 0 Å². The van der Waals surface area contributed by atoms with Gasteiger partial charge in [-0.05, 0) is 25.1 Å². The molecule has 0 saturated heterocycles. The summed E-state index contributed by atoms with van der Waals surface area (Å²) >= 11 is 7.54. The number of rotatable bonds is 5. The van der Waals surface area contributed by atoms with Gasteiger partial charge < -0.3 is 4.74 Å². The number of halogens is 2. The van der Waals surface area contributed by atoms with Crippen LogP contribution in [0.25, 0.3) is 0 Å². The molecular weight excluding hydrogens is 341 g/mol. The molecule has 0 fully saturated rings. The Hall–Kier alpha value is -0.820. The number of aromatic nitrogens is 1. The Morgan fingerprint density at radius 3 is 2.70 bits per heavy atom. The fourth-order valence-electron chi connectivity index (χ4n) is 1.57. The van der Waals surface area contributed by atoms with Crippen LogP contribution in [0.5, 0.6) is 5.75 Å². The predicted octanol–water partition coefficient (Wildman–Crippen LogP) is 3.65. The molecule has 0 bridgehead atoms. The SMILES string of the molecule is Cc1ncsc1CCOc1ccc(S(=O)(=O)Cl)cc1Cl. The first-order valence-corrected chi connectivity index (χ1v) is 9.20. The molecule has 2 rings (SSSR count). The molecule has 0 radical (unpaired) electrons. The molecule has 8 heteroatoms. The highest BCUT2D eigenvalue weighted by Gasteiger charge is 2.13. The van der Waals surface area contributed by atoms with Crippen molar-refractivity contribution in [1.29, 1.82) is 0 Å². The summed E-state index contributed by atoms with van der Waals surface area (Å²) in [7, 11) is 1.46. The monoisotopic (exact) mass is 351 g/mol. The molecule has 1 heterocycles. The summed E-state index contributed by atoms with van der Waals surface area (Å²) in [6.45, 7) is 2.38. The maximum atomic E-state index is 11.2. The van der Waals surface area contributed by atoms with Crippen molar-refractivity contribution in [2.24, 2.45) is 0 Å². The minimum absolute atomic E-state index is 0.0465. The van der Waals surface area contributed by atoms with E-state index in [1.165, 1.54) is 18.2 Å². The van der Waals surface area contributed by atoms with E-state index in [0.717, 1.165) is 17.0 Å². The van der Waals surface area contributed by atoms with Crippen molar-refractivity contribution < 1.29 is 13.2 Å². The lowest BCUT2D eigenvalue weighted by Gasteiger charge is -2.08. The lowest BCUT2D eigenvalue weighted by atomic mass is 10.3. The van der Waals surface area contributed by atoms with Crippen LogP contribution in [0.15, 0.2) is 28.6 Å². The van der Waals surface area contributed by atoms with Gasteiger partial charge in [-0.15, -0.1) is 11.3 Å². The number of aryl methyl sites for hydroxylation is 1. The van der Waals surface area contributed by atoms with Gasteiger partial charge in [0.25, 0.3) is 9.05 Å². The van der Waals surface area contributed by atoms with Crippen molar-refractivity contribution in [3.8, 4) is 5.75 Å². The van der Waals surface area contributed by atoms with E-state index in [1.807, 2.05) is 6.92 Å². The second-order valence-electron chi connectivity index (χ2n) is 3.99. The molecule has 0 N–H and O–H groups in total. The van der Waals surface area contributed by atoms with Gasteiger partial charge in [0.05, 0.1) is 27.7 Å². The van der Waals surface area contributed by atoms with Crippen LogP contribution in [-0.4, -0.2) is 20.0 Å². The fraction of sp³-hybridized carbons (Fsp3) is 0.250. The van der Waals surface area contributed by atoms with Gasteiger partial charge in [0.2, 0.25) is 0 Å². The molecule has 0 saturated carbocycles. The van der Waals surface area contributed by atoms with Crippen molar-refractivity contribution in [3.05, 3.63) is 39.3 Å². The summed E-state index contributed by atoms with van der Waals surface area (Å²) in [5, 5.41) is 0.216. The van der Waals surface area contributed by atoms with Gasteiger partial charge >= 0.3 is 0 Å². The lowest BCUT2D eigenvalue weighted by Crippen LogP contribution is -2.02. The van der Waals surface area contributed by atoms with Crippen LogP contribution in [0.2, 0.25) is 5.02 Å². The third-order valence-electron chi connectivity index (χ3n) is 2.62.